The molecule has 0 saturated carbocycles. The number of primary amides is 1. The predicted octanol–water partition coefficient (Wildman–Crippen LogP) is 0.853. The molecule has 1 rings (SSSR count). The normalized spacial score (nSPS) is 11.8. The van der Waals surface area contributed by atoms with Crippen molar-refractivity contribution < 1.29 is 9.72 Å². The maximum absolute atomic E-state index is 10.7. The van der Waals surface area contributed by atoms with E-state index in [0.717, 1.165) is 0 Å². The highest BCUT2D eigenvalue weighted by Gasteiger charge is 2.11. The minimum Gasteiger partial charge on any atom is -0.398 e. The van der Waals surface area contributed by atoms with Crippen molar-refractivity contribution in [3.8, 4) is 0 Å². The Balaban J connectivity index is 2.84. The molecule has 1 atom stereocenters. The zero-order valence-corrected chi connectivity index (χ0v) is 9.34. The lowest BCUT2D eigenvalue weighted by atomic mass is 10.2. The van der Waals surface area contributed by atoms with Crippen molar-refractivity contribution in [1.29, 1.82) is 0 Å². The number of hydrogen-bond donors (Lipinski definition) is 3. The third kappa shape index (κ3) is 3.98. The average molecular weight is 238 g/mol. The summed E-state index contributed by atoms with van der Waals surface area (Å²) in [7, 11) is 0. The van der Waals surface area contributed by atoms with Gasteiger partial charge in [-0.1, -0.05) is 0 Å². The van der Waals surface area contributed by atoms with Gasteiger partial charge in [0.15, 0.2) is 0 Å². The molecule has 0 aromatic heterocycles. The van der Waals surface area contributed by atoms with Gasteiger partial charge in [-0.3, -0.25) is 14.9 Å². The fourth-order valence-electron chi connectivity index (χ4n) is 1.46. The molecule has 7 heteroatoms. The van der Waals surface area contributed by atoms with Gasteiger partial charge in [-0.2, -0.15) is 0 Å². The second kappa shape index (κ2) is 5.15. The highest BCUT2D eigenvalue weighted by molar-refractivity contribution is 5.75. The average Bonchev–Trinajstić information content (AvgIpc) is 2.14. The van der Waals surface area contributed by atoms with Gasteiger partial charge in [-0.05, 0) is 13.0 Å². The van der Waals surface area contributed by atoms with Gasteiger partial charge in [-0.25, -0.2) is 0 Å². The van der Waals surface area contributed by atoms with Crippen molar-refractivity contribution in [3.05, 3.63) is 28.3 Å². The van der Waals surface area contributed by atoms with Gasteiger partial charge in [0.1, 0.15) is 0 Å². The standard InChI is InChI=1S/C10H14N4O3/c1-6(2-10(12)15)13-8-3-7(11)4-9(5-8)14(16)17/h3-6,13H,2,11H2,1H3,(H2,12,15). The molecule has 5 N–H and O–H groups in total. The van der Waals surface area contributed by atoms with Crippen LogP contribution in [0.2, 0.25) is 0 Å². The van der Waals surface area contributed by atoms with E-state index < -0.39 is 10.8 Å². The Bertz CT molecular complexity index is 447. The number of hydrogen-bond acceptors (Lipinski definition) is 5. The molecule has 0 aliphatic carbocycles. The number of rotatable bonds is 5. The van der Waals surface area contributed by atoms with Gasteiger partial charge in [0.2, 0.25) is 5.91 Å². The number of nitro groups is 1. The molecule has 0 heterocycles. The summed E-state index contributed by atoms with van der Waals surface area (Å²) in [6.45, 7) is 1.75. The number of nitrogens with zero attached hydrogens (tertiary/aromatic N) is 1. The lowest BCUT2D eigenvalue weighted by Crippen LogP contribution is -2.24. The third-order valence-corrected chi connectivity index (χ3v) is 2.07. The first-order chi connectivity index (χ1) is 7.88. The number of nitrogen functional groups attached to an aromatic ring is 1. The summed E-state index contributed by atoms with van der Waals surface area (Å²) in [5.74, 6) is -0.441. The minimum absolute atomic E-state index is 0.0984. The molecule has 1 unspecified atom stereocenters. The zero-order chi connectivity index (χ0) is 13.0. The van der Waals surface area contributed by atoms with E-state index in [1.165, 1.54) is 12.1 Å². The molecule has 0 radical (unpaired) electrons. The smallest absolute Gasteiger partial charge is 0.273 e. The summed E-state index contributed by atoms with van der Waals surface area (Å²) >= 11 is 0. The van der Waals surface area contributed by atoms with Crippen molar-refractivity contribution in [1.82, 2.24) is 0 Å². The Hall–Kier alpha value is -2.31. The second-order valence-corrected chi connectivity index (χ2v) is 3.79. The number of nitrogens with two attached hydrogens (primary N) is 2. The first kappa shape index (κ1) is 12.8. The summed E-state index contributed by atoms with van der Waals surface area (Å²) in [6, 6.07) is 3.97. The third-order valence-electron chi connectivity index (χ3n) is 2.07. The first-order valence-electron chi connectivity index (χ1n) is 4.98. The molecule has 1 amide bonds. The van der Waals surface area contributed by atoms with E-state index >= 15 is 0 Å². The van der Waals surface area contributed by atoms with Crippen LogP contribution in [0, 0.1) is 10.1 Å². The number of non-ortho nitro benzene ring substituents is 1. The molecule has 1 aromatic rings. The highest BCUT2D eigenvalue weighted by atomic mass is 16.6. The molecule has 0 saturated heterocycles. The molecule has 0 aliphatic rings. The Kier molecular flexibility index (Phi) is 3.86. The Labute approximate surface area is 97.9 Å². The van der Waals surface area contributed by atoms with E-state index in [1.807, 2.05) is 0 Å². The maximum atomic E-state index is 10.7. The molecule has 17 heavy (non-hydrogen) atoms. The van der Waals surface area contributed by atoms with Crippen LogP contribution in [-0.4, -0.2) is 16.9 Å². The Morgan fingerprint density at radius 3 is 2.71 bits per heavy atom. The van der Waals surface area contributed by atoms with Gasteiger partial charge in [-0.15, -0.1) is 0 Å². The molecule has 7 nitrogen and oxygen atoms in total. The quantitative estimate of drug-likeness (QED) is 0.398. The second-order valence-electron chi connectivity index (χ2n) is 3.79. The molecule has 0 aliphatic heterocycles. The highest BCUT2D eigenvalue weighted by Crippen LogP contribution is 2.23. The van der Waals surface area contributed by atoms with E-state index in [1.54, 1.807) is 13.0 Å². The topological polar surface area (TPSA) is 124 Å². The van der Waals surface area contributed by atoms with Crippen LogP contribution in [0.4, 0.5) is 17.1 Å². The van der Waals surface area contributed by atoms with E-state index in [2.05, 4.69) is 5.32 Å². The van der Waals surface area contributed by atoms with Gasteiger partial charge in [0, 0.05) is 36.0 Å². The molecule has 1 aromatic carbocycles. The van der Waals surface area contributed by atoms with Crippen LogP contribution >= 0.6 is 0 Å². The van der Waals surface area contributed by atoms with E-state index in [4.69, 9.17) is 11.5 Å². The van der Waals surface area contributed by atoms with Gasteiger partial charge in [0.05, 0.1) is 4.92 Å². The SMILES string of the molecule is CC(CC(N)=O)Nc1cc(N)cc([N+](=O)[O-])c1. The summed E-state index contributed by atoms with van der Waals surface area (Å²) < 4.78 is 0. The maximum Gasteiger partial charge on any atom is 0.273 e. The molecular formula is C10H14N4O3. The minimum atomic E-state index is -0.527. The molecule has 92 valence electrons. The lowest BCUT2D eigenvalue weighted by molar-refractivity contribution is -0.384. The van der Waals surface area contributed by atoms with Crippen LogP contribution in [0.3, 0.4) is 0 Å². The Morgan fingerprint density at radius 2 is 2.18 bits per heavy atom. The van der Waals surface area contributed by atoms with E-state index in [9.17, 15) is 14.9 Å². The largest absolute Gasteiger partial charge is 0.398 e. The van der Waals surface area contributed by atoms with Crippen LogP contribution in [0.1, 0.15) is 13.3 Å². The first-order valence-corrected chi connectivity index (χ1v) is 4.98. The van der Waals surface area contributed by atoms with Crippen LogP contribution in [0.5, 0.6) is 0 Å². The summed E-state index contributed by atoms with van der Waals surface area (Å²) in [4.78, 5) is 20.8. The van der Waals surface area contributed by atoms with E-state index in [-0.39, 0.29) is 23.8 Å². The number of carbonyl (C=O) groups is 1. The number of amides is 1. The summed E-state index contributed by atoms with van der Waals surface area (Å²) in [5, 5.41) is 13.5. The van der Waals surface area contributed by atoms with Gasteiger partial charge < -0.3 is 16.8 Å². The van der Waals surface area contributed by atoms with E-state index in [0.29, 0.717) is 5.69 Å². The molecule has 0 fully saturated rings. The van der Waals surface area contributed by atoms with Gasteiger partial charge in [0.25, 0.3) is 5.69 Å². The number of carbonyl (C=O) groups excluding carboxylic acids is 1. The van der Waals surface area contributed by atoms with Crippen LogP contribution in [0.15, 0.2) is 18.2 Å². The molecule has 0 spiro atoms. The van der Waals surface area contributed by atoms with Crippen molar-refractivity contribution in [2.75, 3.05) is 11.1 Å². The lowest BCUT2D eigenvalue weighted by Gasteiger charge is -2.13. The summed E-state index contributed by atoms with van der Waals surface area (Å²) in [6.07, 6.45) is 0.141. The number of benzene rings is 1. The Morgan fingerprint density at radius 1 is 1.53 bits per heavy atom. The fraction of sp³-hybridized carbons (Fsp3) is 0.300. The van der Waals surface area contributed by atoms with Crippen molar-refractivity contribution in [2.45, 2.75) is 19.4 Å². The molecule has 0 bridgehead atoms. The van der Waals surface area contributed by atoms with Crippen LogP contribution in [-0.2, 0) is 4.79 Å². The van der Waals surface area contributed by atoms with Crippen LogP contribution in [0.25, 0.3) is 0 Å². The molecular weight excluding hydrogens is 224 g/mol. The van der Waals surface area contributed by atoms with Crippen molar-refractivity contribution >= 4 is 23.0 Å². The number of anilines is 2. The van der Waals surface area contributed by atoms with Crippen molar-refractivity contribution in [2.24, 2.45) is 5.73 Å². The number of nitro benzene ring substituents is 1. The van der Waals surface area contributed by atoms with Crippen molar-refractivity contribution in [3.63, 3.8) is 0 Å². The zero-order valence-electron chi connectivity index (χ0n) is 9.34. The number of nitrogens with one attached hydrogen (secondary N) is 1. The fourth-order valence-corrected chi connectivity index (χ4v) is 1.46. The summed E-state index contributed by atoms with van der Waals surface area (Å²) in [5.41, 5.74) is 11.3. The van der Waals surface area contributed by atoms with Gasteiger partial charge >= 0.3 is 0 Å². The predicted molar refractivity (Wildman–Crippen MR) is 64.4 cm³/mol. The van der Waals surface area contributed by atoms with Crippen LogP contribution < -0.4 is 16.8 Å². The monoisotopic (exact) mass is 238 g/mol.